The van der Waals surface area contributed by atoms with Gasteiger partial charge in [-0.3, -0.25) is 4.98 Å². The number of nitrogens with zero attached hydrogens (tertiary/aromatic N) is 2. The molecule has 0 radical (unpaired) electrons. The molecule has 1 aromatic carbocycles. The van der Waals surface area contributed by atoms with Gasteiger partial charge >= 0.3 is 0 Å². The maximum Gasteiger partial charge on any atom is 0.124 e. The highest BCUT2D eigenvalue weighted by Gasteiger charge is 2.14. The number of aromatic nitrogens is 1. The van der Waals surface area contributed by atoms with Crippen molar-refractivity contribution in [3.05, 3.63) is 48.0 Å². The first kappa shape index (κ1) is 13.5. The lowest BCUT2D eigenvalue weighted by Crippen LogP contribution is -1.93. The summed E-state index contributed by atoms with van der Waals surface area (Å²) in [6.45, 7) is 3.98. The minimum absolute atomic E-state index is 0.147. The summed E-state index contributed by atoms with van der Waals surface area (Å²) in [6.07, 6.45) is 3.36. The van der Waals surface area contributed by atoms with Crippen molar-refractivity contribution in [2.45, 2.75) is 19.8 Å². The van der Waals surface area contributed by atoms with E-state index in [1.165, 1.54) is 12.1 Å². The number of benzene rings is 1. The normalized spacial score (nSPS) is 10.3. The highest BCUT2D eigenvalue weighted by Crippen LogP contribution is 2.37. The predicted molar refractivity (Wildman–Crippen MR) is 78.4 cm³/mol. The van der Waals surface area contributed by atoms with Crippen LogP contribution in [0.15, 0.2) is 41.7 Å². The van der Waals surface area contributed by atoms with Gasteiger partial charge in [0.1, 0.15) is 5.82 Å². The molecule has 19 heavy (non-hydrogen) atoms. The topological polar surface area (TPSA) is 25.2 Å². The van der Waals surface area contributed by atoms with Crippen LogP contribution in [0.3, 0.4) is 0 Å². The van der Waals surface area contributed by atoms with E-state index in [4.69, 9.17) is 12.2 Å². The first-order valence-electron chi connectivity index (χ1n) is 5.95. The molecule has 0 bridgehead atoms. The molecule has 0 atom stereocenters. The van der Waals surface area contributed by atoms with Crippen molar-refractivity contribution in [1.29, 1.82) is 0 Å². The average molecular weight is 272 g/mol. The number of rotatable bonds is 3. The molecule has 0 fully saturated rings. The Hall–Kier alpha value is -1.90. The van der Waals surface area contributed by atoms with Crippen molar-refractivity contribution >= 4 is 23.1 Å². The van der Waals surface area contributed by atoms with Gasteiger partial charge in [0.05, 0.1) is 10.8 Å². The quantitative estimate of drug-likeness (QED) is 0.595. The summed E-state index contributed by atoms with van der Waals surface area (Å²) < 4.78 is 13.8. The first-order chi connectivity index (χ1) is 9.13. The van der Waals surface area contributed by atoms with Crippen molar-refractivity contribution in [3.8, 4) is 11.1 Å². The summed E-state index contributed by atoms with van der Waals surface area (Å²) in [5, 5.41) is 2.37. The summed E-state index contributed by atoms with van der Waals surface area (Å²) in [4.78, 5) is 8.17. The fourth-order valence-corrected chi connectivity index (χ4v) is 2.06. The molecule has 2 nitrogen and oxygen atoms in total. The molecular formula is C15H13FN2S. The van der Waals surface area contributed by atoms with Gasteiger partial charge in [0.25, 0.3) is 0 Å². The van der Waals surface area contributed by atoms with Crippen molar-refractivity contribution in [2.75, 3.05) is 0 Å². The Morgan fingerprint density at radius 3 is 2.74 bits per heavy atom. The molecule has 1 heterocycles. The molecule has 0 unspecified atom stereocenters. The van der Waals surface area contributed by atoms with E-state index in [1.54, 1.807) is 18.5 Å². The SMILES string of the molecule is CC(C)c1cc(F)cc(-c2cccnc2)c1N=C=S. The monoisotopic (exact) mass is 272 g/mol. The molecule has 96 valence electrons. The van der Waals surface area contributed by atoms with Gasteiger partial charge in [0.2, 0.25) is 0 Å². The van der Waals surface area contributed by atoms with E-state index >= 15 is 0 Å². The molecule has 0 aliphatic carbocycles. The average Bonchev–Trinajstić information content (AvgIpc) is 2.41. The zero-order valence-electron chi connectivity index (χ0n) is 10.7. The summed E-state index contributed by atoms with van der Waals surface area (Å²) >= 11 is 4.70. The maximum absolute atomic E-state index is 13.8. The van der Waals surface area contributed by atoms with Crippen LogP contribution < -0.4 is 0 Å². The van der Waals surface area contributed by atoms with Crippen molar-refractivity contribution in [1.82, 2.24) is 4.98 Å². The molecule has 2 aromatic rings. The van der Waals surface area contributed by atoms with Gasteiger partial charge in [-0.05, 0) is 41.9 Å². The summed E-state index contributed by atoms with van der Waals surface area (Å²) in [6, 6.07) is 6.62. The van der Waals surface area contributed by atoms with Crippen LogP contribution in [0.25, 0.3) is 11.1 Å². The predicted octanol–water partition coefficient (Wildman–Crippen LogP) is 4.75. The van der Waals surface area contributed by atoms with Crippen LogP contribution in [-0.2, 0) is 0 Å². The number of pyridine rings is 1. The molecule has 0 spiro atoms. The Balaban J connectivity index is 2.75. The Bertz CT molecular complexity index is 632. The summed E-state index contributed by atoms with van der Waals surface area (Å²) in [5.41, 5.74) is 2.98. The second-order valence-corrected chi connectivity index (χ2v) is 4.67. The summed E-state index contributed by atoms with van der Waals surface area (Å²) in [5.74, 6) is -0.140. The van der Waals surface area contributed by atoms with Gasteiger partial charge in [0, 0.05) is 23.5 Å². The van der Waals surface area contributed by atoms with Crippen molar-refractivity contribution in [3.63, 3.8) is 0 Å². The van der Waals surface area contributed by atoms with Gasteiger partial charge in [0.15, 0.2) is 0 Å². The van der Waals surface area contributed by atoms with Crippen LogP contribution in [0.2, 0.25) is 0 Å². The fraction of sp³-hybridized carbons (Fsp3) is 0.200. The largest absolute Gasteiger partial charge is 0.264 e. The molecule has 0 aliphatic heterocycles. The smallest absolute Gasteiger partial charge is 0.124 e. The van der Waals surface area contributed by atoms with Crippen LogP contribution in [0, 0.1) is 5.82 Å². The van der Waals surface area contributed by atoms with Crippen molar-refractivity contribution < 1.29 is 4.39 Å². The standard InChI is InChI=1S/C15H13FN2S/c1-10(2)13-6-12(16)7-14(15(13)18-9-19)11-4-3-5-17-8-11/h3-8,10H,1-2H3. The minimum atomic E-state index is -0.286. The lowest BCUT2D eigenvalue weighted by molar-refractivity contribution is 0.624. The van der Waals surface area contributed by atoms with Gasteiger partial charge < -0.3 is 0 Å². The Kier molecular flexibility index (Phi) is 4.15. The van der Waals surface area contributed by atoms with Gasteiger partial charge in [-0.15, -0.1) is 0 Å². The molecule has 0 amide bonds. The number of thiocarbonyl (C=S) groups is 1. The highest BCUT2D eigenvalue weighted by molar-refractivity contribution is 7.78. The maximum atomic E-state index is 13.8. The zero-order valence-corrected chi connectivity index (χ0v) is 11.5. The van der Waals surface area contributed by atoms with Crippen LogP contribution in [0.4, 0.5) is 10.1 Å². The lowest BCUT2D eigenvalue weighted by Gasteiger charge is -2.13. The molecule has 2 rings (SSSR count). The number of aliphatic imine (C=N–C) groups is 1. The third-order valence-corrected chi connectivity index (χ3v) is 2.95. The van der Waals surface area contributed by atoms with E-state index in [1.807, 2.05) is 19.9 Å². The fourth-order valence-electron chi connectivity index (χ4n) is 1.97. The Morgan fingerprint density at radius 2 is 2.16 bits per heavy atom. The second kappa shape index (κ2) is 5.83. The molecule has 0 N–H and O–H groups in total. The van der Waals surface area contributed by atoms with E-state index in [9.17, 15) is 4.39 Å². The van der Waals surface area contributed by atoms with Crippen LogP contribution in [-0.4, -0.2) is 10.1 Å². The number of isothiocyanates is 1. The van der Waals surface area contributed by atoms with E-state index < -0.39 is 0 Å². The number of hydrogen-bond donors (Lipinski definition) is 0. The minimum Gasteiger partial charge on any atom is -0.264 e. The van der Waals surface area contributed by atoms with Crippen LogP contribution in [0.5, 0.6) is 0 Å². The Morgan fingerprint density at radius 1 is 1.37 bits per heavy atom. The van der Waals surface area contributed by atoms with Gasteiger partial charge in [-0.1, -0.05) is 19.9 Å². The highest BCUT2D eigenvalue weighted by atomic mass is 32.1. The van der Waals surface area contributed by atoms with E-state index in [0.717, 1.165) is 11.1 Å². The molecule has 4 heteroatoms. The van der Waals surface area contributed by atoms with E-state index in [0.29, 0.717) is 11.3 Å². The van der Waals surface area contributed by atoms with Gasteiger partial charge in [-0.2, -0.15) is 4.99 Å². The molecule has 0 saturated heterocycles. The van der Waals surface area contributed by atoms with Crippen molar-refractivity contribution in [2.24, 2.45) is 4.99 Å². The zero-order chi connectivity index (χ0) is 13.8. The first-order valence-corrected chi connectivity index (χ1v) is 6.36. The Labute approximate surface area is 117 Å². The second-order valence-electron chi connectivity index (χ2n) is 4.49. The number of halogens is 1. The summed E-state index contributed by atoms with van der Waals surface area (Å²) in [7, 11) is 0. The van der Waals surface area contributed by atoms with E-state index in [-0.39, 0.29) is 11.7 Å². The molecule has 0 aliphatic rings. The lowest BCUT2D eigenvalue weighted by atomic mass is 9.95. The third-order valence-electron chi connectivity index (χ3n) is 2.86. The van der Waals surface area contributed by atoms with Crippen LogP contribution >= 0.6 is 12.2 Å². The van der Waals surface area contributed by atoms with Gasteiger partial charge in [-0.25, -0.2) is 4.39 Å². The number of hydrogen-bond acceptors (Lipinski definition) is 3. The van der Waals surface area contributed by atoms with Crippen LogP contribution in [0.1, 0.15) is 25.3 Å². The third kappa shape index (κ3) is 2.92. The molecule has 0 saturated carbocycles. The molecular weight excluding hydrogens is 259 g/mol. The molecule has 1 aromatic heterocycles. The van der Waals surface area contributed by atoms with E-state index in [2.05, 4.69) is 15.1 Å².